The zero-order valence-electron chi connectivity index (χ0n) is 12.3. The summed E-state index contributed by atoms with van der Waals surface area (Å²) < 4.78 is 0. The van der Waals surface area contributed by atoms with Gasteiger partial charge in [-0.2, -0.15) is 0 Å². The SMILES string of the molecule is CCc1cc2c(c(C(N)C(C)C)c1)NC(=O)C2CC. The summed E-state index contributed by atoms with van der Waals surface area (Å²) in [4.78, 5) is 12.1. The molecule has 0 spiro atoms. The molecular formula is C16H24N2O. The van der Waals surface area contributed by atoms with E-state index in [2.05, 4.69) is 45.1 Å². The van der Waals surface area contributed by atoms with Gasteiger partial charge in [-0.25, -0.2) is 0 Å². The molecule has 0 saturated carbocycles. The third-order valence-corrected chi connectivity index (χ3v) is 4.09. The summed E-state index contributed by atoms with van der Waals surface area (Å²) in [6.07, 6.45) is 1.80. The third-order valence-electron chi connectivity index (χ3n) is 4.09. The standard InChI is InChI=1S/C16H24N2O/c1-5-10-7-12-11(6-2)16(19)18-15(12)13(8-10)14(17)9(3)4/h7-9,11,14H,5-6,17H2,1-4H3,(H,18,19). The van der Waals surface area contributed by atoms with Crippen molar-refractivity contribution in [1.29, 1.82) is 0 Å². The molecule has 104 valence electrons. The fourth-order valence-corrected chi connectivity index (χ4v) is 2.75. The minimum absolute atomic E-state index is 0.0142. The van der Waals surface area contributed by atoms with E-state index >= 15 is 0 Å². The summed E-state index contributed by atoms with van der Waals surface area (Å²) in [5, 5.41) is 3.04. The topological polar surface area (TPSA) is 55.1 Å². The smallest absolute Gasteiger partial charge is 0.232 e. The number of rotatable bonds is 4. The molecule has 2 unspecified atom stereocenters. The first-order chi connectivity index (χ1) is 8.99. The number of amides is 1. The van der Waals surface area contributed by atoms with Gasteiger partial charge < -0.3 is 11.1 Å². The number of anilines is 1. The number of hydrogen-bond donors (Lipinski definition) is 2. The van der Waals surface area contributed by atoms with E-state index in [9.17, 15) is 4.79 Å². The molecule has 1 aliphatic rings. The highest BCUT2D eigenvalue weighted by atomic mass is 16.2. The van der Waals surface area contributed by atoms with Crippen molar-refractivity contribution in [1.82, 2.24) is 0 Å². The van der Waals surface area contributed by atoms with E-state index in [1.165, 1.54) is 5.56 Å². The van der Waals surface area contributed by atoms with Gasteiger partial charge in [0.1, 0.15) is 0 Å². The minimum Gasteiger partial charge on any atom is -0.325 e. The Kier molecular flexibility index (Phi) is 3.95. The molecule has 0 radical (unpaired) electrons. The van der Waals surface area contributed by atoms with Crippen molar-refractivity contribution >= 4 is 11.6 Å². The molecule has 3 N–H and O–H groups in total. The van der Waals surface area contributed by atoms with Crippen LogP contribution in [0.25, 0.3) is 0 Å². The normalized spacial score (nSPS) is 19.5. The van der Waals surface area contributed by atoms with Crippen LogP contribution < -0.4 is 11.1 Å². The third kappa shape index (κ3) is 2.39. The van der Waals surface area contributed by atoms with Gasteiger partial charge in [0.15, 0.2) is 0 Å². The Morgan fingerprint density at radius 3 is 2.53 bits per heavy atom. The lowest BCUT2D eigenvalue weighted by Crippen LogP contribution is -2.19. The van der Waals surface area contributed by atoms with Gasteiger partial charge in [0.05, 0.1) is 5.92 Å². The van der Waals surface area contributed by atoms with Crippen molar-refractivity contribution < 1.29 is 4.79 Å². The summed E-state index contributed by atoms with van der Waals surface area (Å²) >= 11 is 0. The lowest BCUT2D eigenvalue weighted by atomic mass is 9.88. The maximum absolute atomic E-state index is 12.1. The molecule has 3 nitrogen and oxygen atoms in total. The first-order valence-electron chi connectivity index (χ1n) is 7.22. The van der Waals surface area contributed by atoms with Crippen LogP contribution in [0.2, 0.25) is 0 Å². The molecule has 1 aromatic rings. The maximum atomic E-state index is 12.1. The summed E-state index contributed by atoms with van der Waals surface area (Å²) in [7, 11) is 0. The van der Waals surface area contributed by atoms with Crippen LogP contribution in [-0.2, 0) is 11.2 Å². The Morgan fingerprint density at radius 1 is 1.32 bits per heavy atom. The molecular weight excluding hydrogens is 236 g/mol. The molecule has 3 heteroatoms. The predicted octanol–water partition coefficient (Wildman–Crippen LogP) is 3.35. The molecule has 0 fully saturated rings. The molecule has 1 aliphatic heterocycles. The van der Waals surface area contributed by atoms with E-state index in [1.54, 1.807) is 0 Å². The minimum atomic E-state index is -0.0313. The number of carbonyl (C=O) groups is 1. The van der Waals surface area contributed by atoms with E-state index in [1.807, 2.05) is 0 Å². The van der Waals surface area contributed by atoms with Gasteiger partial charge in [-0.15, -0.1) is 0 Å². The van der Waals surface area contributed by atoms with Crippen LogP contribution in [0.5, 0.6) is 0 Å². The van der Waals surface area contributed by atoms with Crippen LogP contribution in [-0.4, -0.2) is 5.91 Å². The summed E-state index contributed by atoms with van der Waals surface area (Å²) in [6, 6.07) is 4.29. The quantitative estimate of drug-likeness (QED) is 0.872. The number of benzene rings is 1. The average Bonchev–Trinajstić information content (AvgIpc) is 2.71. The Hall–Kier alpha value is -1.35. The summed E-state index contributed by atoms with van der Waals surface area (Å²) in [5.74, 6) is 0.455. The highest BCUT2D eigenvalue weighted by Crippen LogP contribution is 2.41. The molecule has 2 rings (SSSR count). The van der Waals surface area contributed by atoms with E-state index < -0.39 is 0 Å². The Labute approximate surface area is 115 Å². The molecule has 1 heterocycles. The molecule has 0 saturated heterocycles. The van der Waals surface area contributed by atoms with Gasteiger partial charge >= 0.3 is 0 Å². The Balaban J connectivity index is 2.57. The van der Waals surface area contributed by atoms with Gasteiger partial charge in [0, 0.05) is 11.7 Å². The van der Waals surface area contributed by atoms with E-state index in [0.29, 0.717) is 5.92 Å². The van der Waals surface area contributed by atoms with E-state index in [4.69, 9.17) is 5.73 Å². The monoisotopic (exact) mass is 260 g/mol. The van der Waals surface area contributed by atoms with Crippen molar-refractivity contribution in [3.8, 4) is 0 Å². The number of nitrogens with two attached hydrogens (primary N) is 1. The second-order valence-electron chi connectivity index (χ2n) is 5.72. The molecule has 19 heavy (non-hydrogen) atoms. The second-order valence-corrected chi connectivity index (χ2v) is 5.72. The first kappa shape index (κ1) is 14.1. The summed E-state index contributed by atoms with van der Waals surface area (Å²) in [6.45, 7) is 8.42. The van der Waals surface area contributed by atoms with Crippen molar-refractivity contribution in [2.45, 2.75) is 52.5 Å². The molecule has 1 amide bonds. The van der Waals surface area contributed by atoms with Gasteiger partial charge in [0.2, 0.25) is 5.91 Å². The Morgan fingerprint density at radius 2 is 2.00 bits per heavy atom. The lowest BCUT2D eigenvalue weighted by molar-refractivity contribution is -0.117. The van der Waals surface area contributed by atoms with Crippen molar-refractivity contribution in [2.75, 3.05) is 5.32 Å². The van der Waals surface area contributed by atoms with Crippen molar-refractivity contribution in [3.63, 3.8) is 0 Å². The van der Waals surface area contributed by atoms with Crippen LogP contribution in [0, 0.1) is 5.92 Å². The Bertz CT molecular complexity index is 494. The maximum Gasteiger partial charge on any atom is 0.232 e. The predicted molar refractivity (Wildman–Crippen MR) is 79.2 cm³/mol. The number of nitrogens with one attached hydrogen (secondary N) is 1. The lowest BCUT2D eigenvalue weighted by Gasteiger charge is -2.20. The molecule has 0 bridgehead atoms. The van der Waals surface area contributed by atoms with Crippen LogP contribution in [0.1, 0.15) is 62.8 Å². The molecule has 0 aromatic heterocycles. The van der Waals surface area contributed by atoms with E-state index in [0.717, 1.165) is 29.7 Å². The fourth-order valence-electron chi connectivity index (χ4n) is 2.75. The van der Waals surface area contributed by atoms with Gasteiger partial charge in [-0.1, -0.05) is 39.8 Å². The molecule has 2 atom stereocenters. The van der Waals surface area contributed by atoms with Gasteiger partial charge in [-0.3, -0.25) is 4.79 Å². The fraction of sp³-hybridized carbons (Fsp3) is 0.562. The zero-order chi connectivity index (χ0) is 14.2. The van der Waals surface area contributed by atoms with Crippen molar-refractivity contribution in [3.05, 3.63) is 28.8 Å². The molecule has 0 aliphatic carbocycles. The van der Waals surface area contributed by atoms with Crippen LogP contribution in [0.15, 0.2) is 12.1 Å². The highest BCUT2D eigenvalue weighted by Gasteiger charge is 2.32. The van der Waals surface area contributed by atoms with Crippen LogP contribution >= 0.6 is 0 Å². The van der Waals surface area contributed by atoms with Crippen LogP contribution in [0.3, 0.4) is 0 Å². The zero-order valence-corrected chi connectivity index (χ0v) is 12.3. The van der Waals surface area contributed by atoms with Crippen molar-refractivity contribution in [2.24, 2.45) is 11.7 Å². The van der Waals surface area contributed by atoms with Gasteiger partial charge in [-0.05, 0) is 35.4 Å². The molecule has 1 aromatic carbocycles. The van der Waals surface area contributed by atoms with Crippen LogP contribution in [0.4, 0.5) is 5.69 Å². The summed E-state index contributed by atoms with van der Waals surface area (Å²) in [5.41, 5.74) is 10.8. The number of hydrogen-bond acceptors (Lipinski definition) is 2. The second kappa shape index (κ2) is 5.33. The average molecular weight is 260 g/mol. The highest BCUT2D eigenvalue weighted by molar-refractivity contribution is 6.03. The number of aryl methyl sites for hydroxylation is 1. The number of fused-ring (bicyclic) bond motifs is 1. The number of carbonyl (C=O) groups excluding carboxylic acids is 1. The van der Waals surface area contributed by atoms with Gasteiger partial charge in [0.25, 0.3) is 0 Å². The van der Waals surface area contributed by atoms with E-state index in [-0.39, 0.29) is 17.9 Å². The first-order valence-corrected chi connectivity index (χ1v) is 7.22. The largest absolute Gasteiger partial charge is 0.325 e.